The molecule has 2 aromatic rings. The number of nitrogens with zero attached hydrogens (tertiary/aromatic N) is 1. The van der Waals surface area contributed by atoms with Crippen molar-refractivity contribution in [3.8, 4) is 0 Å². The Morgan fingerprint density at radius 3 is 3.08 bits per heavy atom. The average Bonchev–Trinajstić information content (AvgIpc) is 2.42. The molecule has 62 valence electrons. The predicted molar refractivity (Wildman–Crippen MR) is 52.7 cm³/mol. The standard InChI is InChI=1S/C7H5BrN2OS/c1-3-6-5(4(8)2-12-6)7(11)10-9-3/h2H,1H3,(H,10,11). The summed E-state index contributed by atoms with van der Waals surface area (Å²) >= 11 is 4.84. The van der Waals surface area contributed by atoms with E-state index in [0.717, 1.165) is 14.9 Å². The van der Waals surface area contributed by atoms with Crippen LogP contribution in [0.5, 0.6) is 0 Å². The van der Waals surface area contributed by atoms with Gasteiger partial charge in [0.05, 0.1) is 15.8 Å². The third-order valence-electron chi connectivity index (χ3n) is 1.63. The molecular formula is C7H5BrN2OS. The topological polar surface area (TPSA) is 45.8 Å². The SMILES string of the molecule is Cc1n[nH]c(=O)c2c(Br)csc12. The monoisotopic (exact) mass is 244 g/mol. The highest BCUT2D eigenvalue weighted by Crippen LogP contribution is 2.28. The van der Waals surface area contributed by atoms with Gasteiger partial charge in [-0.2, -0.15) is 5.10 Å². The molecule has 0 unspecified atom stereocenters. The Kier molecular flexibility index (Phi) is 1.77. The minimum atomic E-state index is -0.135. The normalized spacial score (nSPS) is 10.8. The lowest BCUT2D eigenvalue weighted by molar-refractivity contribution is 0.973. The maximum atomic E-state index is 11.3. The first-order valence-corrected chi connectivity index (χ1v) is 4.99. The van der Waals surface area contributed by atoms with Gasteiger partial charge in [-0.25, -0.2) is 5.10 Å². The van der Waals surface area contributed by atoms with Crippen LogP contribution in [-0.2, 0) is 0 Å². The van der Waals surface area contributed by atoms with Crippen molar-refractivity contribution in [1.29, 1.82) is 0 Å². The van der Waals surface area contributed by atoms with Crippen molar-refractivity contribution in [3.63, 3.8) is 0 Å². The Hall–Kier alpha value is -0.680. The van der Waals surface area contributed by atoms with Crippen LogP contribution >= 0.6 is 27.3 Å². The van der Waals surface area contributed by atoms with E-state index in [1.807, 2.05) is 12.3 Å². The third kappa shape index (κ3) is 1.01. The lowest BCUT2D eigenvalue weighted by Gasteiger charge is -1.91. The molecule has 0 amide bonds. The van der Waals surface area contributed by atoms with Crippen molar-refractivity contribution < 1.29 is 0 Å². The average molecular weight is 245 g/mol. The van der Waals surface area contributed by atoms with Crippen LogP contribution in [0.25, 0.3) is 10.1 Å². The van der Waals surface area contributed by atoms with Crippen LogP contribution < -0.4 is 5.56 Å². The van der Waals surface area contributed by atoms with Gasteiger partial charge in [-0.05, 0) is 22.9 Å². The van der Waals surface area contributed by atoms with E-state index in [0.29, 0.717) is 5.39 Å². The van der Waals surface area contributed by atoms with E-state index in [1.165, 1.54) is 11.3 Å². The fraction of sp³-hybridized carbons (Fsp3) is 0.143. The molecule has 3 nitrogen and oxygen atoms in total. The van der Waals surface area contributed by atoms with Gasteiger partial charge < -0.3 is 0 Å². The lowest BCUT2D eigenvalue weighted by atomic mass is 10.3. The predicted octanol–water partition coefficient (Wildman–Crippen LogP) is 2.06. The molecule has 0 atom stereocenters. The second-order valence-corrected chi connectivity index (χ2v) is 4.16. The number of aromatic nitrogens is 2. The number of fused-ring (bicyclic) bond motifs is 1. The molecular weight excluding hydrogens is 240 g/mol. The highest BCUT2D eigenvalue weighted by atomic mass is 79.9. The zero-order valence-corrected chi connectivity index (χ0v) is 8.62. The molecule has 0 aliphatic heterocycles. The number of hydrogen-bond acceptors (Lipinski definition) is 3. The molecule has 0 aromatic carbocycles. The molecule has 0 radical (unpaired) electrons. The molecule has 0 fully saturated rings. The summed E-state index contributed by atoms with van der Waals surface area (Å²) < 4.78 is 1.79. The van der Waals surface area contributed by atoms with Gasteiger partial charge in [0, 0.05) is 9.85 Å². The minimum Gasteiger partial charge on any atom is -0.267 e. The smallest absolute Gasteiger partial charge is 0.267 e. The number of nitrogens with one attached hydrogen (secondary N) is 1. The highest BCUT2D eigenvalue weighted by molar-refractivity contribution is 9.10. The maximum Gasteiger partial charge on any atom is 0.274 e. The fourth-order valence-corrected chi connectivity index (χ4v) is 2.72. The van der Waals surface area contributed by atoms with Crippen LogP contribution in [0.3, 0.4) is 0 Å². The first-order valence-electron chi connectivity index (χ1n) is 3.32. The first kappa shape index (κ1) is 7.94. The fourth-order valence-electron chi connectivity index (χ4n) is 1.06. The van der Waals surface area contributed by atoms with Gasteiger partial charge >= 0.3 is 0 Å². The summed E-state index contributed by atoms with van der Waals surface area (Å²) in [6.07, 6.45) is 0. The molecule has 1 N–H and O–H groups in total. The van der Waals surface area contributed by atoms with Crippen LogP contribution in [0.4, 0.5) is 0 Å². The minimum absolute atomic E-state index is 0.135. The van der Waals surface area contributed by atoms with Crippen molar-refractivity contribution in [2.75, 3.05) is 0 Å². The van der Waals surface area contributed by atoms with Gasteiger partial charge in [0.15, 0.2) is 0 Å². The van der Waals surface area contributed by atoms with Gasteiger partial charge in [0.1, 0.15) is 0 Å². The summed E-state index contributed by atoms with van der Waals surface area (Å²) in [5, 5.41) is 8.91. The Morgan fingerprint density at radius 2 is 2.42 bits per heavy atom. The van der Waals surface area contributed by atoms with E-state index in [1.54, 1.807) is 0 Å². The van der Waals surface area contributed by atoms with Crippen LogP contribution in [0.2, 0.25) is 0 Å². The quantitative estimate of drug-likeness (QED) is 0.772. The summed E-state index contributed by atoms with van der Waals surface area (Å²) in [6, 6.07) is 0. The molecule has 5 heteroatoms. The zero-order chi connectivity index (χ0) is 8.72. The highest BCUT2D eigenvalue weighted by Gasteiger charge is 2.07. The second-order valence-electron chi connectivity index (χ2n) is 2.43. The van der Waals surface area contributed by atoms with Crippen molar-refractivity contribution in [1.82, 2.24) is 10.2 Å². The van der Waals surface area contributed by atoms with Gasteiger partial charge in [0.25, 0.3) is 5.56 Å². The molecule has 12 heavy (non-hydrogen) atoms. The van der Waals surface area contributed by atoms with Crippen molar-refractivity contribution in [2.45, 2.75) is 6.92 Å². The molecule has 2 aromatic heterocycles. The Bertz CT molecular complexity index is 488. The Balaban J connectivity index is 3.09. The first-order chi connectivity index (χ1) is 5.70. The number of aromatic amines is 1. The van der Waals surface area contributed by atoms with Gasteiger partial charge in [-0.1, -0.05) is 0 Å². The number of aryl methyl sites for hydroxylation is 1. The van der Waals surface area contributed by atoms with Crippen LogP contribution in [-0.4, -0.2) is 10.2 Å². The van der Waals surface area contributed by atoms with E-state index in [9.17, 15) is 4.79 Å². The van der Waals surface area contributed by atoms with E-state index in [4.69, 9.17) is 0 Å². The van der Waals surface area contributed by atoms with Gasteiger partial charge in [0.2, 0.25) is 0 Å². The van der Waals surface area contributed by atoms with Crippen molar-refractivity contribution in [2.24, 2.45) is 0 Å². The number of hydrogen-bond donors (Lipinski definition) is 1. The van der Waals surface area contributed by atoms with E-state index >= 15 is 0 Å². The second kappa shape index (κ2) is 2.67. The van der Waals surface area contributed by atoms with Gasteiger partial charge in [-0.15, -0.1) is 11.3 Å². The molecule has 0 bridgehead atoms. The molecule has 2 heterocycles. The molecule has 0 aliphatic carbocycles. The molecule has 2 rings (SSSR count). The Morgan fingerprint density at radius 1 is 1.67 bits per heavy atom. The zero-order valence-electron chi connectivity index (χ0n) is 6.22. The van der Waals surface area contributed by atoms with Crippen LogP contribution in [0.1, 0.15) is 5.69 Å². The third-order valence-corrected chi connectivity index (χ3v) is 3.64. The van der Waals surface area contributed by atoms with Crippen LogP contribution in [0.15, 0.2) is 14.6 Å². The van der Waals surface area contributed by atoms with Crippen LogP contribution in [0, 0.1) is 6.92 Å². The van der Waals surface area contributed by atoms with Crippen molar-refractivity contribution >= 4 is 37.4 Å². The lowest BCUT2D eigenvalue weighted by Crippen LogP contribution is -2.08. The van der Waals surface area contributed by atoms with E-state index in [2.05, 4.69) is 26.1 Å². The van der Waals surface area contributed by atoms with E-state index in [-0.39, 0.29) is 5.56 Å². The van der Waals surface area contributed by atoms with E-state index < -0.39 is 0 Å². The molecule has 0 saturated heterocycles. The summed E-state index contributed by atoms with van der Waals surface area (Å²) in [6.45, 7) is 1.88. The number of thiophene rings is 1. The summed E-state index contributed by atoms with van der Waals surface area (Å²) in [7, 11) is 0. The summed E-state index contributed by atoms with van der Waals surface area (Å²) in [5.74, 6) is 0. The Labute approximate surface area is 80.6 Å². The molecule has 0 spiro atoms. The largest absolute Gasteiger partial charge is 0.274 e. The number of halogens is 1. The van der Waals surface area contributed by atoms with Gasteiger partial charge in [-0.3, -0.25) is 4.79 Å². The number of H-pyrrole nitrogens is 1. The molecule has 0 aliphatic rings. The maximum absolute atomic E-state index is 11.3. The number of rotatable bonds is 0. The summed E-state index contributed by atoms with van der Waals surface area (Å²) in [5.41, 5.74) is 0.726. The van der Waals surface area contributed by atoms with Crippen molar-refractivity contribution in [3.05, 3.63) is 25.9 Å². The summed E-state index contributed by atoms with van der Waals surface area (Å²) in [4.78, 5) is 11.3. The molecule has 0 saturated carbocycles.